The zero-order chi connectivity index (χ0) is 23.3. The van der Waals surface area contributed by atoms with Crippen molar-refractivity contribution in [3.05, 3.63) is 59.7 Å². The molecule has 0 spiro atoms. The lowest BCUT2D eigenvalue weighted by Crippen LogP contribution is -2.47. The van der Waals surface area contributed by atoms with Gasteiger partial charge in [-0.2, -0.15) is 13.2 Å². The van der Waals surface area contributed by atoms with Gasteiger partial charge in [-0.3, -0.25) is 14.5 Å². The summed E-state index contributed by atoms with van der Waals surface area (Å²) in [6, 6.07) is 12.1. The van der Waals surface area contributed by atoms with Crippen LogP contribution < -0.4 is 10.2 Å². The number of carbonyl (C=O) groups is 2. The Hall–Kier alpha value is -3.07. The van der Waals surface area contributed by atoms with E-state index in [1.807, 2.05) is 4.90 Å². The largest absolute Gasteiger partial charge is 0.481 e. The van der Waals surface area contributed by atoms with E-state index in [2.05, 4.69) is 10.2 Å². The van der Waals surface area contributed by atoms with Crippen LogP contribution in [0.1, 0.15) is 30.4 Å². The number of amides is 1. The summed E-state index contributed by atoms with van der Waals surface area (Å²) in [5.74, 6) is -1.67. The van der Waals surface area contributed by atoms with Crippen molar-refractivity contribution in [2.45, 2.75) is 25.4 Å². The summed E-state index contributed by atoms with van der Waals surface area (Å²) < 4.78 is 38.8. The molecule has 0 radical (unpaired) electrons. The molecule has 9 heteroatoms. The van der Waals surface area contributed by atoms with Crippen LogP contribution in [0.5, 0.6) is 0 Å². The molecule has 1 aliphatic rings. The molecule has 1 heterocycles. The smallest absolute Gasteiger partial charge is 0.416 e. The van der Waals surface area contributed by atoms with Crippen LogP contribution in [-0.2, 0) is 15.8 Å². The number of anilines is 2. The molecule has 1 fully saturated rings. The number of carboxylic acid groups (broad SMARTS) is 1. The first-order valence-electron chi connectivity index (χ1n) is 10.4. The summed E-state index contributed by atoms with van der Waals surface area (Å²) in [7, 11) is 0. The third kappa shape index (κ3) is 6.23. The molecule has 0 bridgehead atoms. The summed E-state index contributed by atoms with van der Waals surface area (Å²) in [6.45, 7) is 4.65. The van der Waals surface area contributed by atoms with Gasteiger partial charge in [0.1, 0.15) is 0 Å². The fourth-order valence-electron chi connectivity index (χ4n) is 3.59. The van der Waals surface area contributed by atoms with Crippen LogP contribution in [0.3, 0.4) is 0 Å². The molecule has 1 amide bonds. The van der Waals surface area contributed by atoms with Crippen LogP contribution in [0.2, 0.25) is 0 Å². The second-order valence-electron chi connectivity index (χ2n) is 7.86. The first-order chi connectivity index (χ1) is 15.1. The molecule has 3 rings (SSSR count). The number of halogens is 3. The SMILES string of the molecule is CC(C(=O)O)c1ccc(NC(=O)CCN2CCN(c3cccc(C(F)(F)F)c3)CC2)cc1. The Morgan fingerprint density at radius 2 is 1.72 bits per heavy atom. The van der Waals surface area contributed by atoms with Crippen molar-refractivity contribution < 1.29 is 27.9 Å². The second kappa shape index (κ2) is 10.0. The lowest BCUT2D eigenvalue weighted by atomic mass is 10.0. The lowest BCUT2D eigenvalue weighted by molar-refractivity contribution is -0.138. The van der Waals surface area contributed by atoms with E-state index in [9.17, 15) is 22.8 Å². The molecule has 2 aromatic carbocycles. The van der Waals surface area contributed by atoms with Crippen molar-refractivity contribution in [3.8, 4) is 0 Å². The Morgan fingerprint density at radius 1 is 1.06 bits per heavy atom. The highest BCUT2D eigenvalue weighted by Crippen LogP contribution is 2.31. The van der Waals surface area contributed by atoms with E-state index in [1.165, 1.54) is 12.1 Å². The highest BCUT2D eigenvalue weighted by molar-refractivity contribution is 5.90. The zero-order valence-corrected chi connectivity index (χ0v) is 17.7. The van der Waals surface area contributed by atoms with Crippen LogP contribution >= 0.6 is 0 Å². The van der Waals surface area contributed by atoms with Gasteiger partial charge in [-0.15, -0.1) is 0 Å². The number of nitrogens with zero attached hydrogens (tertiary/aromatic N) is 2. The first-order valence-corrected chi connectivity index (χ1v) is 10.4. The summed E-state index contributed by atoms with van der Waals surface area (Å²) >= 11 is 0. The van der Waals surface area contributed by atoms with E-state index in [0.29, 0.717) is 49.7 Å². The number of alkyl halides is 3. The maximum atomic E-state index is 12.9. The minimum absolute atomic E-state index is 0.149. The number of carbonyl (C=O) groups excluding carboxylic acids is 1. The maximum absolute atomic E-state index is 12.9. The van der Waals surface area contributed by atoms with Gasteiger partial charge in [0.2, 0.25) is 5.91 Å². The molecule has 0 aromatic heterocycles. The molecule has 32 heavy (non-hydrogen) atoms. The monoisotopic (exact) mass is 449 g/mol. The van der Waals surface area contributed by atoms with E-state index < -0.39 is 23.6 Å². The number of aliphatic carboxylic acids is 1. The molecule has 1 saturated heterocycles. The van der Waals surface area contributed by atoms with Gasteiger partial charge in [0, 0.05) is 50.5 Å². The van der Waals surface area contributed by atoms with Crippen molar-refractivity contribution in [1.82, 2.24) is 4.90 Å². The maximum Gasteiger partial charge on any atom is 0.416 e. The molecule has 2 N–H and O–H groups in total. The van der Waals surface area contributed by atoms with E-state index in [1.54, 1.807) is 37.3 Å². The van der Waals surface area contributed by atoms with E-state index in [4.69, 9.17) is 5.11 Å². The predicted molar refractivity (Wildman–Crippen MR) is 116 cm³/mol. The molecular weight excluding hydrogens is 423 g/mol. The van der Waals surface area contributed by atoms with Crippen LogP contribution in [0.25, 0.3) is 0 Å². The Bertz CT molecular complexity index is 939. The minimum Gasteiger partial charge on any atom is -0.481 e. The van der Waals surface area contributed by atoms with Crippen molar-refractivity contribution >= 4 is 23.3 Å². The Kier molecular flexibility index (Phi) is 7.40. The Morgan fingerprint density at radius 3 is 2.31 bits per heavy atom. The highest BCUT2D eigenvalue weighted by Gasteiger charge is 2.31. The normalized spacial score (nSPS) is 15.9. The van der Waals surface area contributed by atoms with E-state index >= 15 is 0 Å². The number of hydrogen-bond acceptors (Lipinski definition) is 4. The molecule has 0 aliphatic carbocycles. The number of nitrogens with one attached hydrogen (secondary N) is 1. The first kappa shape index (κ1) is 23.6. The van der Waals surface area contributed by atoms with E-state index in [0.717, 1.165) is 6.07 Å². The molecule has 1 unspecified atom stereocenters. The number of carboxylic acids is 1. The number of hydrogen-bond donors (Lipinski definition) is 2. The molecule has 0 saturated carbocycles. The van der Waals surface area contributed by atoms with Crippen molar-refractivity contribution in [3.63, 3.8) is 0 Å². The topological polar surface area (TPSA) is 72.9 Å². The summed E-state index contributed by atoms with van der Waals surface area (Å²) in [4.78, 5) is 27.3. The van der Waals surface area contributed by atoms with Gasteiger partial charge in [-0.05, 0) is 42.8 Å². The molecule has 1 aliphatic heterocycles. The van der Waals surface area contributed by atoms with Crippen LogP contribution in [-0.4, -0.2) is 54.6 Å². The quantitative estimate of drug-likeness (QED) is 0.668. The molecular formula is C23H26F3N3O3. The average molecular weight is 449 g/mol. The van der Waals surface area contributed by atoms with Crippen molar-refractivity contribution in [1.29, 1.82) is 0 Å². The fraction of sp³-hybridized carbons (Fsp3) is 0.391. The minimum atomic E-state index is -4.36. The van der Waals surface area contributed by atoms with Crippen LogP contribution in [0.4, 0.5) is 24.5 Å². The third-order valence-electron chi connectivity index (χ3n) is 5.63. The number of piperazine rings is 1. The predicted octanol–water partition coefficient (Wildman–Crippen LogP) is 4.04. The highest BCUT2D eigenvalue weighted by atomic mass is 19.4. The average Bonchev–Trinajstić information content (AvgIpc) is 2.77. The van der Waals surface area contributed by atoms with Gasteiger partial charge in [-0.25, -0.2) is 0 Å². The third-order valence-corrected chi connectivity index (χ3v) is 5.63. The fourth-order valence-corrected chi connectivity index (χ4v) is 3.59. The van der Waals surface area contributed by atoms with Crippen molar-refractivity contribution in [2.24, 2.45) is 0 Å². The van der Waals surface area contributed by atoms with Crippen LogP contribution in [0, 0.1) is 0 Å². The van der Waals surface area contributed by atoms with Gasteiger partial charge in [0.15, 0.2) is 0 Å². The molecule has 2 aromatic rings. The van der Waals surface area contributed by atoms with Gasteiger partial charge in [0.05, 0.1) is 11.5 Å². The van der Waals surface area contributed by atoms with Gasteiger partial charge in [-0.1, -0.05) is 18.2 Å². The van der Waals surface area contributed by atoms with Crippen molar-refractivity contribution in [2.75, 3.05) is 42.9 Å². The summed E-state index contributed by atoms with van der Waals surface area (Å²) in [5.41, 5.74) is 1.16. The summed E-state index contributed by atoms with van der Waals surface area (Å²) in [6.07, 6.45) is -4.07. The molecule has 6 nitrogen and oxygen atoms in total. The molecule has 1 atom stereocenters. The standard InChI is InChI=1S/C23H26F3N3O3/c1-16(22(31)32)17-5-7-19(8-6-17)27-21(30)9-10-28-11-13-29(14-12-28)20-4-2-3-18(15-20)23(24,25)26/h2-8,15-16H,9-14H2,1H3,(H,27,30)(H,31,32). The number of rotatable bonds is 7. The number of benzene rings is 2. The Balaban J connectivity index is 1.44. The zero-order valence-electron chi connectivity index (χ0n) is 17.7. The van der Waals surface area contributed by atoms with Gasteiger partial charge >= 0.3 is 12.1 Å². The Labute approximate surface area is 184 Å². The lowest BCUT2D eigenvalue weighted by Gasteiger charge is -2.36. The summed E-state index contributed by atoms with van der Waals surface area (Å²) in [5, 5.41) is 11.8. The second-order valence-corrected chi connectivity index (χ2v) is 7.86. The van der Waals surface area contributed by atoms with Crippen LogP contribution in [0.15, 0.2) is 48.5 Å². The van der Waals surface area contributed by atoms with E-state index in [-0.39, 0.29) is 12.3 Å². The molecule has 172 valence electrons. The van der Waals surface area contributed by atoms with Gasteiger partial charge in [0.25, 0.3) is 0 Å². The van der Waals surface area contributed by atoms with Gasteiger partial charge < -0.3 is 15.3 Å².